The number of carbonyl (C=O) groups excluding carboxylic acids is 1. The van der Waals surface area contributed by atoms with E-state index >= 15 is 0 Å². The highest BCUT2D eigenvalue weighted by molar-refractivity contribution is 5.84. The van der Waals surface area contributed by atoms with Crippen molar-refractivity contribution in [3.8, 4) is 0 Å². The number of nitrogens with one attached hydrogen (secondary N) is 1. The minimum absolute atomic E-state index is 0.122. The quantitative estimate of drug-likeness (QED) is 0.609. The van der Waals surface area contributed by atoms with Crippen LogP contribution >= 0.6 is 0 Å². The second-order valence-electron chi connectivity index (χ2n) is 7.14. The molecule has 3 aromatic rings. The van der Waals surface area contributed by atoms with Crippen LogP contribution in [0.25, 0.3) is 0 Å². The summed E-state index contributed by atoms with van der Waals surface area (Å²) < 4.78 is 7.11. The molecule has 7 heteroatoms. The highest BCUT2D eigenvalue weighted by atomic mass is 16.4. The predicted molar refractivity (Wildman–Crippen MR) is 108 cm³/mol. The molecule has 0 fully saturated rings. The first-order valence-electron chi connectivity index (χ1n) is 9.50. The van der Waals surface area contributed by atoms with Gasteiger partial charge in [-0.2, -0.15) is 5.10 Å². The number of amides is 1. The van der Waals surface area contributed by atoms with Crippen molar-refractivity contribution in [2.75, 3.05) is 0 Å². The average Bonchev–Trinajstić information content (AvgIpc) is 3.26. The zero-order valence-electron chi connectivity index (χ0n) is 16.9. The molecule has 0 aliphatic heterocycles. The molecule has 0 aliphatic rings. The average molecular weight is 395 g/mol. The molecular weight excluding hydrogens is 370 g/mol. The highest BCUT2D eigenvalue weighted by Gasteiger charge is 2.14. The summed E-state index contributed by atoms with van der Waals surface area (Å²) in [6, 6.07) is 11.3. The Labute approximate surface area is 169 Å². The monoisotopic (exact) mass is 395 g/mol. The summed E-state index contributed by atoms with van der Waals surface area (Å²) in [6.07, 6.45) is 0.917. The predicted octanol–water partition coefficient (Wildman–Crippen LogP) is 3.40. The molecule has 0 atom stereocenters. The van der Waals surface area contributed by atoms with Crippen LogP contribution < -0.4 is 5.32 Å². The lowest BCUT2D eigenvalue weighted by molar-refractivity contribution is -0.121. The normalized spacial score (nSPS) is 10.9. The molecule has 0 bridgehead atoms. The maximum absolute atomic E-state index is 12.2. The molecule has 0 spiro atoms. The largest absolute Gasteiger partial charge is 0.475 e. The van der Waals surface area contributed by atoms with E-state index in [1.54, 1.807) is 6.07 Å². The van der Waals surface area contributed by atoms with E-state index in [4.69, 9.17) is 9.52 Å². The van der Waals surface area contributed by atoms with E-state index in [1.165, 1.54) is 17.2 Å². The van der Waals surface area contributed by atoms with E-state index in [2.05, 4.69) is 41.6 Å². The number of hydrogen-bond acceptors (Lipinski definition) is 4. The van der Waals surface area contributed by atoms with Crippen LogP contribution in [0.1, 0.15) is 50.8 Å². The van der Waals surface area contributed by atoms with Gasteiger partial charge in [-0.3, -0.25) is 9.48 Å². The number of aromatic nitrogens is 2. The van der Waals surface area contributed by atoms with Gasteiger partial charge in [0.1, 0.15) is 5.76 Å². The lowest BCUT2D eigenvalue weighted by Gasteiger charge is -2.07. The van der Waals surface area contributed by atoms with Crippen molar-refractivity contribution in [1.29, 1.82) is 0 Å². The molecule has 2 aromatic heterocycles. The third kappa shape index (κ3) is 5.13. The van der Waals surface area contributed by atoms with E-state index in [0.717, 1.165) is 17.0 Å². The van der Waals surface area contributed by atoms with Gasteiger partial charge in [-0.05, 0) is 50.5 Å². The first-order chi connectivity index (χ1) is 13.8. The molecular formula is C22H25N3O4. The Morgan fingerprint density at radius 2 is 1.83 bits per heavy atom. The van der Waals surface area contributed by atoms with Crippen LogP contribution in [0, 0.1) is 20.8 Å². The zero-order chi connectivity index (χ0) is 21.0. The van der Waals surface area contributed by atoms with Gasteiger partial charge in [0, 0.05) is 12.1 Å². The van der Waals surface area contributed by atoms with Crippen molar-refractivity contribution in [3.05, 3.63) is 76.0 Å². The fraction of sp³-hybridized carbons (Fsp3) is 0.318. The van der Waals surface area contributed by atoms with Crippen LogP contribution in [0.3, 0.4) is 0 Å². The fourth-order valence-corrected chi connectivity index (χ4v) is 3.22. The maximum Gasteiger partial charge on any atom is 0.371 e. The van der Waals surface area contributed by atoms with Gasteiger partial charge in [0.2, 0.25) is 11.7 Å². The number of carbonyl (C=O) groups is 2. The Bertz CT molecular complexity index is 1020. The van der Waals surface area contributed by atoms with Crippen LogP contribution in [0.15, 0.2) is 40.8 Å². The Morgan fingerprint density at radius 3 is 2.48 bits per heavy atom. The molecule has 1 aromatic carbocycles. The summed E-state index contributed by atoms with van der Waals surface area (Å²) in [4.78, 5) is 23.0. The summed E-state index contributed by atoms with van der Waals surface area (Å²) in [5.74, 6) is -0.977. The lowest BCUT2D eigenvalue weighted by Crippen LogP contribution is -2.22. The summed E-state index contributed by atoms with van der Waals surface area (Å²) in [6.45, 7) is 6.91. The fourth-order valence-electron chi connectivity index (χ4n) is 3.22. The highest BCUT2D eigenvalue weighted by Crippen LogP contribution is 2.17. The summed E-state index contributed by atoms with van der Waals surface area (Å²) in [5.41, 5.74) is 5.48. The molecule has 0 saturated heterocycles. The molecule has 152 valence electrons. The van der Waals surface area contributed by atoms with Gasteiger partial charge in [-0.25, -0.2) is 4.79 Å². The van der Waals surface area contributed by atoms with Crippen LogP contribution in [0.2, 0.25) is 0 Å². The number of carboxylic acids is 1. The first kappa shape index (κ1) is 20.4. The van der Waals surface area contributed by atoms with Crippen LogP contribution in [-0.4, -0.2) is 26.8 Å². The van der Waals surface area contributed by atoms with E-state index < -0.39 is 5.97 Å². The Hall–Kier alpha value is -3.35. The molecule has 2 heterocycles. The van der Waals surface area contributed by atoms with Gasteiger partial charge >= 0.3 is 5.97 Å². The number of hydrogen-bond donors (Lipinski definition) is 2. The third-order valence-corrected chi connectivity index (χ3v) is 4.92. The number of carboxylic acid groups (broad SMARTS) is 1. The zero-order valence-corrected chi connectivity index (χ0v) is 16.9. The number of aryl methyl sites for hydroxylation is 2. The number of benzene rings is 1. The number of furan rings is 1. The van der Waals surface area contributed by atoms with Gasteiger partial charge in [0.25, 0.3) is 0 Å². The molecule has 3 rings (SSSR count). The van der Waals surface area contributed by atoms with Crippen molar-refractivity contribution >= 4 is 11.9 Å². The van der Waals surface area contributed by atoms with Crippen molar-refractivity contribution in [3.63, 3.8) is 0 Å². The second kappa shape index (κ2) is 8.77. The standard InChI is InChI=1S/C22H25N3O4/c1-14-4-6-17(7-5-14)13-25-16(3)19(15(2)24-25)9-11-21(26)23-12-18-8-10-20(29-18)22(27)28/h4-8,10H,9,11-13H2,1-3H3,(H,23,26)(H,27,28). The van der Waals surface area contributed by atoms with Crippen molar-refractivity contribution in [1.82, 2.24) is 15.1 Å². The first-order valence-corrected chi connectivity index (χ1v) is 9.50. The van der Waals surface area contributed by atoms with Gasteiger partial charge in [-0.15, -0.1) is 0 Å². The molecule has 0 saturated carbocycles. The molecule has 0 aliphatic carbocycles. The van der Waals surface area contributed by atoms with Gasteiger partial charge < -0.3 is 14.8 Å². The summed E-state index contributed by atoms with van der Waals surface area (Å²) >= 11 is 0. The molecule has 29 heavy (non-hydrogen) atoms. The topological polar surface area (TPSA) is 97.4 Å². The smallest absolute Gasteiger partial charge is 0.371 e. The van der Waals surface area contributed by atoms with E-state index in [0.29, 0.717) is 25.1 Å². The van der Waals surface area contributed by atoms with Crippen molar-refractivity contribution in [2.24, 2.45) is 0 Å². The summed E-state index contributed by atoms with van der Waals surface area (Å²) in [5, 5.41) is 16.2. The SMILES string of the molecule is Cc1ccc(Cn2nc(C)c(CCC(=O)NCc3ccc(C(=O)O)o3)c2C)cc1. The Morgan fingerprint density at radius 1 is 1.10 bits per heavy atom. The van der Waals surface area contributed by atoms with Crippen molar-refractivity contribution in [2.45, 2.75) is 46.7 Å². The molecule has 0 unspecified atom stereocenters. The molecule has 0 radical (unpaired) electrons. The summed E-state index contributed by atoms with van der Waals surface area (Å²) in [7, 11) is 0. The Balaban J connectivity index is 1.55. The maximum atomic E-state index is 12.2. The number of rotatable bonds is 8. The van der Waals surface area contributed by atoms with Crippen LogP contribution in [0.4, 0.5) is 0 Å². The van der Waals surface area contributed by atoms with Crippen molar-refractivity contribution < 1.29 is 19.1 Å². The van der Waals surface area contributed by atoms with Crippen LogP contribution in [-0.2, 0) is 24.3 Å². The van der Waals surface area contributed by atoms with E-state index in [1.807, 2.05) is 18.5 Å². The Kier molecular flexibility index (Phi) is 6.16. The molecule has 7 nitrogen and oxygen atoms in total. The van der Waals surface area contributed by atoms with E-state index in [9.17, 15) is 9.59 Å². The molecule has 1 amide bonds. The number of aromatic carboxylic acids is 1. The van der Waals surface area contributed by atoms with Gasteiger partial charge in [-0.1, -0.05) is 29.8 Å². The minimum Gasteiger partial charge on any atom is -0.475 e. The van der Waals surface area contributed by atoms with Gasteiger partial charge in [0.15, 0.2) is 0 Å². The van der Waals surface area contributed by atoms with Crippen LogP contribution in [0.5, 0.6) is 0 Å². The number of nitrogens with zero attached hydrogens (tertiary/aromatic N) is 2. The molecule has 2 N–H and O–H groups in total. The third-order valence-electron chi connectivity index (χ3n) is 4.92. The second-order valence-corrected chi connectivity index (χ2v) is 7.14. The lowest BCUT2D eigenvalue weighted by atomic mass is 10.1. The minimum atomic E-state index is -1.13. The van der Waals surface area contributed by atoms with E-state index in [-0.39, 0.29) is 18.2 Å². The van der Waals surface area contributed by atoms with Gasteiger partial charge in [0.05, 0.1) is 18.8 Å².